The van der Waals surface area contributed by atoms with E-state index in [9.17, 15) is 18.8 Å². The summed E-state index contributed by atoms with van der Waals surface area (Å²) >= 11 is 1.43. The highest BCUT2D eigenvalue weighted by Gasteiger charge is 2.56. The highest BCUT2D eigenvalue weighted by molar-refractivity contribution is 7.99. The molecular weight excluding hydrogens is 560 g/mol. The van der Waals surface area contributed by atoms with Crippen LogP contribution in [0.25, 0.3) is 11.2 Å². The smallest absolute Gasteiger partial charge is 0.191 e. The van der Waals surface area contributed by atoms with Crippen LogP contribution in [-0.2, 0) is 14.2 Å². The van der Waals surface area contributed by atoms with E-state index < -0.39 is 29.6 Å². The van der Waals surface area contributed by atoms with E-state index in [-0.39, 0.29) is 48.7 Å². The first-order valence-corrected chi connectivity index (χ1v) is 14.6. The Kier molecular flexibility index (Phi) is 7.65. The van der Waals surface area contributed by atoms with Crippen molar-refractivity contribution in [3.05, 3.63) is 40.3 Å². The minimum atomic E-state index is -0.943. The van der Waals surface area contributed by atoms with Gasteiger partial charge in [0, 0.05) is 18.1 Å². The fourth-order valence-electron chi connectivity index (χ4n) is 5.76. The van der Waals surface area contributed by atoms with Gasteiger partial charge >= 0.3 is 0 Å². The van der Waals surface area contributed by atoms with Crippen molar-refractivity contribution in [2.24, 2.45) is 5.29 Å². The monoisotopic (exact) mass is 591 g/mol. The molecule has 1 aromatic carbocycles. The van der Waals surface area contributed by atoms with Gasteiger partial charge in [0.2, 0.25) is 0 Å². The van der Waals surface area contributed by atoms with E-state index in [1.807, 2.05) is 20.8 Å². The van der Waals surface area contributed by atoms with E-state index in [4.69, 9.17) is 19.2 Å². The highest BCUT2D eigenvalue weighted by atomic mass is 32.2. The Hall–Kier alpha value is -2.85. The molecule has 3 heterocycles. The van der Waals surface area contributed by atoms with Gasteiger partial charge in [-0.3, -0.25) is 0 Å². The Morgan fingerprint density at radius 2 is 2.02 bits per heavy atom. The number of hydrogen-bond donors (Lipinski definition) is 1. The molecule has 41 heavy (non-hydrogen) atoms. The van der Waals surface area contributed by atoms with Crippen LogP contribution in [0.4, 0.5) is 14.6 Å². The molecule has 12 nitrogen and oxygen atoms in total. The zero-order chi connectivity index (χ0) is 28.9. The van der Waals surface area contributed by atoms with Gasteiger partial charge in [0.1, 0.15) is 12.2 Å². The second-order valence-electron chi connectivity index (χ2n) is 10.9. The summed E-state index contributed by atoms with van der Waals surface area (Å²) in [5.41, 5.74) is 1.27. The molecule has 0 unspecified atom stereocenters. The molecule has 1 aliphatic heterocycles. The van der Waals surface area contributed by atoms with Crippen molar-refractivity contribution in [1.29, 1.82) is 0 Å². The first kappa shape index (κ1) is 28.3. The molecule has 0 amide bonds. The molecule has 3 fully saturated rings. The van der Waals surface area contributed by atoms with Crippen LogP contribution in [-0.4, -0.2) is 79.2 Å². The Bertz CT molecular complexity index is 1440. The van der Waals surface area contributed by atoms with Gasteiger partial charge in [0.15, 0.2) is 39.6 Å². The van der Waals surface area contributed by atoms with E-state index in [1.165, 1.54) is 22.8 Å². The maximum Gasteiger partial charge on any atom is 0.191 e. The lowest BCUT2D eigenvalue weighted by Crippen LogP contribution is -2.31. The van der Waals surface area contributed by atoms with Gasteiger partial charge in [-0.25, -0.2) is 28.4 Å². The fourth-order valence-corrected chi connectivity index (χ4v) is 6.45. The minimum absolute atomic E-state index is 0.120. The number of aliphatic hydroxyl groups is 1. The molecule has 220 valence electrons. The van der Waals surface area contributed by atoms with Crippen molar-refractivity contribution in [1.82, 2.24) is 25.0 Å². The zero-order valence-corrected chi connectivity index (χ0v) is 23.6. The Balaban J connectivity index is 1.37. The summed E-state index contributed by atoms with van der Waals surface area (Å²) in [5.74, 6) is -1.99. The molecule has 6 rings (SSSR count). The number of benzene rings is 1. The van der Waals surface area contributed by atoms with Gasteiger partial charge in [0.25, 0.3) is 0 Å². The van der Waals surface area contributed by atoms with Crippen molar-refractivity contribution in [3.63, 3.8) is 0 Å². The molecule has 0 bridgehead atoms. The van der Waals surface area contributed by atoms with Crippen molar-refractivity contribution in [2.45, 2.75) is 87.3 Å². The molecule has 3 aromatic rings. The van der Waals surface area contributed by atoms with E-state index in [0.29, 0.717) is 29.2 Å². The molecule has 15 heteroatoms. The van der Waals surface area contributed by atoms with Crippen LogP contribution in [0.3, 0.4) is 0 Å². The van der Waals surface area contributed by atoms with E-state index >= 15 is 0 Å². The molecule has 0 spiro atoms. The second kappa shape index (κ2) is 11.1. The number of hydrogen-bond acceptors (Lipinski definition) is 11. The lowest BCUT2D eigenvalue weighted by atomic mass is 10.1. The second-order valence-corrected chi connectivity index (χ2v) is 12.0. The van der Waals surface area contributed by atoms with Crippen molar-refractivity contribution in [2.75, 3.05) is 24.0 Å². The van der Waals surface area contributed by atoms with Crippen LogP contribution in [0.2, 0.25) is 0 Å². The number of rotatable bonds is 11. The summed E-state index contributed by atoms with van der Waals surface area (Å²) in [7, 11) is 0. The topological polar surface area (TPSA) is 137 Å². The highest BCUT2D eigenvalue weighted by Crippen LogP contribution is 2.48. The molecule has 2 aliphatic carbocycles. The largest absolute Gasteiger partial charge is 0.394 e. The van der Waals surface area contributed by atoms with Crippen LogP contribution in [0.1, 0.15) is 57.6 Å². The third-order valence-corrected chi connectivity index (χ3v) is 8.64. The number of thioether (sulfide) groups is 1. The summed E-state index contributed by atoms with van der Waals surface area (Å²) in [6, 6.07) is 2.97. The van der Waals surface area contributed by atoms with E-state index in [0.717, 1.165) is 24.3 Å². The molecule has 0 radical (unpaired) electrons. The Labute approximate surface area is 238 Å². The van der Waals surface area contributed by atoms with Gasteiger partial charge in [-0.15, -0.1) is 10.0 Å². The first-order chi connectivity index (χ1) is 19.7. The van der Waals surface area contributed by atoms with Crippen molar-refractivity contribution >= 4 is 28.7 Å². The number of fused-ring (bicyclic) bond motifs is 2. The normalized spacial score (nSPS) is 28.2. The third kappa shape index (κ3) is 5.29. The summed E-state index contributed by atoms with van der Waals surface area (Å²) in [5, 5.41) is 23.1. The molecule has 2 saturated carbocycles. The number of ether oxygens (including phenoxy) is 3. The number of nitrogens with zero attached hydrogens (tertiary/aromatic N) is 7. The van der Waals surface area contributed by atoms with Gasteiger partial charge in [-0.2, -0.15) is 0 Å². The average Bonchev–Trinajstić information content (AvgIpc) is 3.35. The summed E-state index contributed by atoms with van der Waals surface area (Å²) in [4.78, 5) is 21.6. The van der Waals surface area contributed by atoms with Gasteiger partial charge < -0.3 is 19.3 Å². The van der Waals surface area contributed by atoms with Crippen LogP contribution >= 0.6 is 11.8 Å². The lowest BCUT2D eigenvalue weighted by Gasteiger charge is -2.23. The number of anilines is 1. The van der Waals surface area contributed by atoms with Crippen LogP contribution in [0, 0.1) is 16.5 Å². The Morgan fingerprint density at radius 1 is 1.22 bits per heavy atom. The molecule has 3 aliphatic rings. The van der Waals surface area contributed by atoms with Crippen molar-refractivity contribution in [3.8, 4) is 0 Å². The van der Waals surface area contributed by atoms with E-state index in [1.54, 1.807) is 4.68 Å². The average molecular weight is 592 g/mol. The van der Waals surface area contributed by atoms with Crippen LogP contribution in [0.15, 0.2) is 28.6 Å². The number of halogens is 2. The maximum atomic E-state index is 13.9. The van der Waals surface area contributed by atoms with Crippen molar-refractivity contribution < 1.29 is 28.1 Å². The number of aliphatic hydroxyl groups excluding tert-OH is 1. The predicted octanol–water partition coefficient (Wildman–Crippen LogP) is 3.89. The van der Waals surface area contributed by atoms with Crippen LogP contribution < -0.4 is 5.01 Å². The molecule has 6 atom stereocenters. The van der Waals surface area contributed by atoms with Crippen LogP contribution in [0.5, 0.6) is 0 Å². The maximum absolute atomic E-state index is 13.9. The fraction of sp³-hybridized carbons (Fsp3) is 0.615. The molecule has 1 N–H and O–H groups in total. The summed E-state index contributed by atoms with van der Waals surface area (Å²) in [6.45, 7) is 5.74. The molecular formula is C26H31F2N7O5S. The summed E-state index contributed by atoms with van der Waals surface area (Å²) in [6.07, 6.45) is 0.732. The van der Waals surface area contributed by atoms with E-state index in [2.05, 4.69) is 20.6 Å². The van der Waals surface area contributed by atoms with Gasteiger partial charge in [0.05, 0.1) is 36.7 Å². The predicted molar refractivity (Wildman–Crippen MR) is 144 cm³/mol. The van der Waals surface area contributed by atoms with Gasteiger partial charge in [-0.1, -0.05) is 30.0 Å². The quantitative estimate of drug-likeness (QED) is 0.150. The Morgan fingerprint density at radius 3 is 2.76 bits per heavy atom. The molecule has 1 saturated heterocycles. The number of nitroso groups, excluding NO2 is 1. The SMILES string of the molecule is CCCSc1nc(N(N=O)[C@@H]2C[C@@H]2c2ccc(F)c(F)c2)c2nnn([C@@H]3C[C@H](OCCO)[C@H]4OC(C)(C)O[C@H]43)c2n1. The minimum Gasteiger partial charge on any atom is -0.394 e. The number of aromatic nitrogens is 5. The third-order valence-electron chi connectivity index (χ3n) is 7.59. The molecule has 2 aromatic heterocycles. The standard InChI is InChI=1S/C26H31F2N7O5S/c1-4-9-41-25-29-23-20(24(30-25)35(33-37)17-11-14(17)13-5-6-15(27)16(28)10-13)31-32-34(23)18-12-19(38-8-7-36)22-21(18)39-26(2,3)40-22/h5-6,10,14,17-19,21-22,36H,4,7-9,11-12H2,1-3H3/t14-,17-,18-,19+,21+,22-/m1/s1. The van der Waals surface area contributed by atoms with Gasteiger partial charge in [-0.05, 0) is 44.4 Å². The lowest BCUT2D eigenvalue weighted by molar-refractivity contribution is -0.171. The first-order valence-electron chi connectivity index (χ1n) is 13.7. The zero-order valence-electron chi connectivity index (χ0n) is 22.8. The summed E-state index contributed by atoms with van der Waals surface area (Å²) < 4.78 is 47.4.